The molecule has 0 aromatic carbocycles. The number of halogens is 3. The zero-order chi connectivity index (χ0) is 13.8. The summed E-state index contributed by atoms with van der Waals surface area (Å²) in [5.74, 6) is -0.633. The monoisotopic (exact) mass is 268 g/mol. The van der Waals surface area contributed by atoms with Gasteiger partial charge >= 0.3 is 6.18 Å². The van der Waals surface area contributed by atoms with Crippen molar-refractivity contribution in [1.82, 2.24) is 10.6 Å². The summed E-state index contributed by atoms with van der Waals surface area (Å²) in [6, 6.07) is -0.525. The van der Waals surface area contributed by atoms with Gasteiger partial charge in [-0.3, -0.25) is 4.79 Å². The highest BCUT2D eigenvalue weighted by Gasteiger charge is 2.29. The lowest BCUT2D eigenvalue weighted by atomic mass is 10.0. The Balaban J connectivity index is 2.30. The first-order chi connectivity index (χ1) is 8.28. The Labute approximate surface area is 104 Å². The van der Waals surface area contributed by atoms with Crippen LogP contribution in [0, 0.1) is 0 Å². The summed E-state index contributed by atoms with van der Waals surface area (Å²) in [7, 11) is 0. The zero-order valence-corrected chi connectivity index (χ0v) is 10.5. The van der Waals surface area contributed by atoms with Crippen LogP contribution < -0.4 is 10.6 Å². The van der Waals surface area contributed by atoms with Gasteiger partial charge < -0.3 is 15.4 Å². The highest BCUT2D eigenvalue weighted by Crippen LogP contribution is 2.14. The smallest absolute Gasteiger partial charge is 0.378 e. The van der Waals surface area contributed by atoms with Crippen molar-refractivity contribution in [3.63, 3.8) is 0 Å². The van der Waals surface area contributed by atoms with Gasteiger partial charge in [0, 0.05) is 12.6 Å². The first kappa shape index (κ1) is 15.2. The molecule has 0 aromatic heterocycles. The lowest BCUT2D eigenvalue weighted by Gasteiger charge is -2.30. The molecule has 4 nitrogen and oxygen atoms in total. The van der Waals surface area contributed by atoms with Gasteiger partial charge in [-0.2, -0.15) is 13.2 Å². The van der Waals surface area contributed by atoms with Gasteiger partial charge in [0.15, 0.2) is 0 Å². The van der Waals surface area contributed by atoms with Crippen LogP contribution in [0.25, 0.3) is 0 Å². The number of ether oxygens (including phenoxy) is 1. The summed E-state index contributed by atoms with van der Waals surface area (Å²) in [5, 5.41) is 4.89. The topological polar surface area (TPSA) is 50.4 Å². The van der Waals surface area contributed by atoms with Crippen LogP contribution in [-0.2, 0) is 9.53 Å². The highest BCUT2D eigenvalue weighted by molar-refractivity contribution is 5.81. The molecule has 106 valence electrons. The molecule has 3 atom stereocenters. The van der Waals surface area contributed by atoms with Gasteiger partial charge in [0.25, 0.3) is 0 Å². The number of rotatable bonds is 4. The second-order valence-electron chi connectivity index (χ2n) is 4.62. The van der Waals surface area contributed by atoms with Crippen molar-refractivity contribution in [2.75, 3.05) is 13.2 Å². The largest absolute Gasteiger partial charge is 0.405 e. The molecule has 0 bridgehead atoms. The standard InChI is InChI=1S/C11H19F3N2O2/c1-7-5-9(3-4-18-7)16-8(2)10(17)15-6-11(12,13)14/h7-9,16H,3-6H2,1-2H3,(H,15,17). The van der Waals surface area contributed by atoms with E-state index in [1.54, 1.807) is 6.92 Å². The zero-order valence-electron chi connectivity index (χ0n) is 10.5. The van der Waals surface area contributed by atoms with Crippen molar-refractivity contribution in [2.45, 2.75) is 51.1 Å². The van der Waals surface area contributed by atoms with Crippen molar-refractivity contribution in [1.29, 1.82) is 0 Å². The number of hydrogen-bond acceptors (Lipinski definition) is 3. The molecular formula is C11H19F3N2O2. The van der Waals surface area contributed by atoms with Crippen LogP contribution in [0.2, 0.25) is 0 Å². The van der Waals surface area contributed by atoms with Gasteiger partial charge in [0.1, 0.15) is 6.54 Å². The van der Waals surface area contributed by atoms with E-state index in [0.29, 0.717) is 6.61 Å². The van der Waals surface area contributed by atoms with E-state index in [9.17, 15) is 18.0 Å². The van der Waals surface area contributed by atoms with Crippen LogP contribution in [0.3, 0.4) is 0 Å². The van der Waals surface area contributed by atoms with Gasteiger partial charge in [0.05, 0.1) is 12.1 Å². The van der Waals surface area contributed by atoms with Crippen molar-refractivity contribution in [3.8, 4) is 0 Å². The van der Waals surface area contributed by atoms with Gasteiger partial charge in [-0.15, -0.1) is 0 Å². The number of carbonyl (C=O) groups is 1. The molecule has 2 N–H and O–H groups in total. The quantitative estimate of drug-likeness (QED) is 0.806. The predicted octanol–water partition coefficient (Wildman–Crippen LogP) is 1.21. The molecule has 7 heteroatoms. The molecule has 1 fully saturated rings. The van der Waals surface area contributed by atoms with E-state index in [1.165, 1.54) is 0 Å². The molecule has 0 saturated carbocycles. The fraction of sp³-hybridized carbons (Fsp3) is 0.909. The van der Waals surface area contributed by atoms with Crippen LogP contribution in [0.1, 0.15) is 26.7 Å². The number of hydrogen-bond donors (Lipinski definition) is 2. The Hall–Kier alpha value is -0.820. The summed E-state index contributed by atoms with van der Waals surface area (Å²) in [5.41, 5.74) is 0. The summed E-state index contributed by atoms with van der Waals surface area (Å²) < 4.78 is 41.2. The Morgan fingerprint density at radius 2 is 2.17 bits per heavy atom. The SMILES string of the molecule is CC1CC(NC(C)C(=O)NCC(F)(F)F)CCO1. The number of carbonyl (C=O) groups excluding carboxylic acids is 1. The highest BCUT2D eigenvalue weighted by atomic mass is 19.4. The van der Waals surface area contributed by atoms with Crippen LogP contribution in [0.4, 0.5) is 13.2 Å². The summed E-state index contributed by atoms with van der Waals surface area (Å²) >= 11 is 0. The van der Waals surface area contributed by atoms with Crippen molar-refractivity contribution >= 4 is 5.91 Å². The van der Waals surface area contributed by atoms with E-state index in [2.05, 4.69) is 5.32 Å². The first-order valence-electron chi connectivity index (χ1n) is 6.00. The van der Waals surface area contributed by atoms with Crippen LogP contribution in [0.15, 0.2) is 0 Å². The van der Waals surface area contributed by atoms with E-state index in [0.717, 1.165) is 12.8 Å². The fourth-order valence-corrected chi connectivity index (χ4v) is 1.92. The van der Waals surface area contributed by atoms with Gasteiger partial charge in [0.2, 0.25) is 5.91 Å². The Morgan fingerprint density at radius 1 is 1.50 bits per heavy atom. The van der Waals surface area contributed by atoms with Gasteiger partial charge in [-0.25, -0.2) is 0 Å². The molecule has 3 unspecified atom stereocenters. The average molecular weight is 268 g/mol. The van der Waals surface area contributed by atoms with Crippen molar-refractivity contribution in [3.05, 3.63) is 0 Å². The van der Waals surface area contributed by atoms with Crippen molar-refractivity contribution < 1.29 is 22.7 Å². The molecule has 1 heterocycles. The first-order valence-corrected chi connectivity index (χ1v) is 6.00. The maximum atomic E-state index is 11.9. The fourth-order valence-electron chi connectivity index (χ4n) is 1.92. The number of amides is 1. The Morgan fingerprint density at radius 3 is 2.72 bits per heavy atom. The molecule has 0 spiro atoms. The average Bonchev–Trinajstić information content (AvgIpc) is 2.24. The van der Waals surface area contributed by atoms with E-state index >= 15 is 0 Å². The molecule has 1 amide bonds. The minimum atomic E-state index is -4.37. The minimum absolute atomic E-state index is 0.111. The van der Waals surface area contributed by atoms with Gasteiger partial charge in [-0.05, 0) is 26.7 Å². The third-order valence-electron chi connectivity index (χ3n) is 2.83. The molecule has 0 aliphatic carbocycles. The Bertz CT molecular complexity index is 284. The third kappa shape index (κ3) is 5.68. The molecular weight excluding hydrogens is 249 g/mol. The molecule has 1 aliphatic heterocycles. The minimum Gasteiger partial charge on any atom is -0.378 e. The van der Waals surface area contributed by atoms with Crippen LogP contribution >= 0.6 is 0 Å². The third-order valence-corrected chi connectivity index (χ3v) is 2.83. The van der Waals surface area contributed by atoms with Crippen LogP contribution in [0.5, 0.6) is 0 Å². The maximum absolute atomic E-state index is 11.9. The normalized spacial score (nSPS) is 26.7. The summed E-state index contributed by atoms with van der Waals surface area (Å²) in [4.78, 5) is 11.4. The number of alkyl halides is 3. The Kier molecular flexibility index (Phi) is 5.40. The van der Waals surface area contributed by atoms with E-state index in [1.807, 2.05) is 12.2 Å². The van der Waals surface area contributed by atoms with Crippen molar-refractivity contribution in [2.24, 2.45) is 0 Å². The van der Waals surface area contributed by atoms with Gasteiger partial charge in [-0.1, -0.05) is 0 Å². The van der Waals surface area contributed by atoms with E-state index in [4.69, 9.17) is 4.74 Å². The molecule has 1 rings (SSSR count). The molecule has 0 radical (unpaired) electrons. The molecule has 0 aromatic rings. The maximum Gasteiger partial charge on any atom is 0.405 e. The van der Waals surface area contributed by atoms with Crippen LogP contribution in [-0.4, -0.2) is 43.4 Å². The van der Waals surface area contributed by atoms with E-state index in [-0.39, 0.29) is 12.1 Å². The van der Waals surface area contributed by atoms with E-state index < -0.39 is 24.7 Å². The molecule has 18 heavy (non-hydrogen) atoms. The lowest BCUT2D eigenvalue weighted by molar-refractivity contribution is -0.139. The molecule has 1 saturated heterocycles. The second-order valence-corrected chi connectivity index (χ2v) is 4.62. The second kappa shape index (κ2) is 6.38. The number of nitrogens with one attached hydrogen (secondary N) is 2. The predicted molar refractivity (Wildman–Crippen MR) is 60.1 cm³/mol. The summed E-state index contributed by atoms with van der Waals surface area (Å²) in [6.07, 6.45) is -2.73. The molecule has 1 aliphatic rings. The summed E-state index contributed by atoms with van der Waals surface area (Å²) in [6.45, 7) is 2.81. The lowest BCUT2D eigenvalue weighted by Crippen LogP contribution is -2.50.